The van der Waals surface area contributed by atoms with Gasteiger partial charge < -0.3 is 15.5 Å². The molecule has 2 rings (SSSR count). The average Bonchev–Trinajstić information content (AvgIpc) is 2.86. The molecule has 19 heavy (non-hydrogen) atoms. The molecule has 0 bridgehead atoms. The summed E-state index contributed by atoms with van der Waals surface area (Å²) >= 11 is 0. The molecule has 0 radical (unpaired) electrons. The third-order valence-electron chi connectivity index (χ3n) is 2.81. The maximum atomic E-state index is 8.66. The molecule has 3 N–H and O–H groups in total. The van der Waals surface area contributed by atoms with Crippen LogP contribution in [-0.4, -0.2) is 25.6 Å². The SMILES string of the molecule is CC(C)c1nccn1Cc1ccnc(C(N)=NO)c1. The minimum atomic E-state index is 0.0107. The van der Waals surface area contributed by atoms with E-state index in [1.807, 2.05) is 12.3 Å². The highest BCUT2D eigenvalue weighted by molar-refractivity contribution is 5.95. The molecular formula is C13H17N5O. The van der Waals surface area contributed by atoms with Gasteiger partial charge in [-0.2, -0.15) is 0 Å². The Bertz CT molecular complexity index is 588. The molecule has 2 heterocycles. The van der Waals surface area contributed by atoms with Gasteiger partial charge in [-0.25, -0.2) is 4.98 Å². The number of nitrogens with zero attached hydrogens (tertiary/aromatic N) is 4. The third-order valence-corrected chi connectivity index (χ3v) is 2.81. The van der Waals surface area contributed by atoms with Crippen LogP contribution in [-0.2, 0) is 6.54 Å². The van der Waals surface area contributed by atoms with Crippen LogP contribution in [0.4, 0.5) is 0 Å². The van der Waals surface area contributed by atoms with Crippen molar-refractivity contribution >= 4 is 5.84 Å². The molecule has 0 fully saturated rings. The Balaban J connectivity index is 2.26. The maximum Gasteiger partial charge on any atom is 0.188 e. The summed E-state index contributed by atoms with van der Waals surface area (Å²) in [4.78, 5) is 8.40. The first-order valence-corrected chi connectivity index (χ1v) is 6.05. The van der Waals surface area contributed by atoms with E-state index in [0.29, 0.717) is 18.2 Å². The minimum Gasteiger partial charge on any atom is -0.409 e. The van der Waals surface area contributed by atoms with Crippen LogP contribution in [0.25, 0.3) is 0 Å². The first-order valence-electron chi connectivity index (χ1n) is 6.05. The quantitative estimate of drug-likeness (QED) is 0.377. The Morgan fingerprint density at radius 2 is 2.21 bits per heavy atom. The standard InChI is InChI=1S/C13H17N5O/c1-9(2)13-16-5-6-18(13)8-10-3-4-15-11(7-10)12(14)17-19/h3-7,9,19H,8H2,1-2H3,(H2,14,17). The predicted octanol–water partition coefficient (Wildman–Crippen LogP) is 1.54. The molecule has 0 saturated carbocycles. The van der Waals surface area contributed by atoms with Crippen LogP contribution >= 0.6 is 0 Å². The molecule has 0 atom stereocenters. The van der Waals surface area contributed by atoms with Gasteiger partial charge in [0.15, 0.2) is 5.84 Å². The highest BCUT2D eigenvalue weighted by atomic mass is 16.4. The van der Waals surface area contributed by atoms with Crippen molar-refractivity contribution < 1.29 is 5.21 Å². The highest BCUT2D eigenvalue weighted by Crippen LogP contribution is 2.14. The number of oxime groups is 1. The van der Waals surface area contributed by atoms with Gasteiger partial charge in [-0.3, -0.25) is 4.98 Å². The highest BCUT2D eigenvalue weighted by Gasteiger charge is 2.08. The Kier molecular flexibility index (Phi) is 3.79. The first-order chi connectivity index (χ1) is 9.11. The van der Waals surface area contributed by atoms with Gasteiger partial charge in [0.2, 0.25) is 0 Å². The fourth-order valence-electron chi connectivity index (χ4n) is 1.92. The van der Waals surface area contributed by atoms with Crippen molar-refractivity contribution in [2.24, 2.45) is 10.9 Å². The van der Waals surface area contributed by atoms with Crippen molar-refractivity contribution in [3.05, 3.63) is 47.8 Å². The van der Waals surface area contributed by atoms with E-state index in [0.717, 1.165) is 11.4 Å². The van der Waals surface area contributed by atoms with Crippen LogP contribution in [0.2, 0.25) is 0 Å². The normalized spacial score (nSPS) is 12.1. The summed E-state index contributed by atoms with van der Waals surface area (Å²) in [5.41, 5.74) is 7.02. The molecule has 0 aliphatic rings. The summed E-state index contributed by atoms with van der Waals surface area (Å²) in [5, 5.41) is 11.6. The number of pyridine rings is 1. The van der Waals surface area contributed by atoms with Crippen LogP contribution < -0.4 is 5.73 Å². The van der Waals surface area contributed by atoms with Crippen molar-refractivity contribution in [2.75, 3.05) is 0 Å². The van der Waals surface area contributed by atoms with Crippen LogP contribution in [0.5, 0.6) is 0 Å². The number of nitrogens with two attached hydrogens (primary N) is 1. The van der Waals surface area contributed by atoms with Crippen LogP contribution in [0, 0.1) is 0 Å². The Labute approximate surface area is 111 Å². The molecule has 0 amide bonds. The lowest BCUT2D eigenvalue weighted by molar-refractivity contribution is 0.318. The van der Waals surface area contributed by atoms with Crippen molar-refractivity contribution in [1.29, 1.82) is 0 Å². The second kappa shape index (κ2) is 5.51. The number of aromatic nitrogens is 3. The zero-order valence-corrected chi connectivity index (χ0v) is 11.0. The molecule has 0 unspecified atom stereocenters. The molecule has 0 spiro atoms. The van der Waals surface area contributed by atoms with Gasteiger partial charge in [-0.15, -0.1) is 0 Å². The lowest BCUT2D eigenvalue weighted by atomic mass is 10.2. The number of hydrogen-bond acceptors (Lipinski definition) is 4. The fourth-order valence-corrected chi connectivity index (χ4v) is 1.92. The fraction of sp³-hybridized carbons (Fsp3) is 0.308. The second-order valence-electron chi connectivity index (χ2n) is 4.60. The van der Waals surface area contributed by atoms with Gasteiger partial charge in [0.05, 0.1) is 0 Å². The molecule has 6 nitrogen and oxygen atoms in total. The van der Waals surface area contributed by atoms with Gasteiger partial charge in [0, 0.05) is 31.1 Å². The summed E-state index contributed by atoms with van der Waals surface area (Å²) in [6.45, 7) is 4.89. The zero-order valence-electron chi connectivity index (χ0n) is 11.0. The lowest BCUT2D eigenvalue weighted by Crippen LogP contribution is -2.15. The van der Waals surface area contributed by atoms with Gasteiger partial charge in [0.1, 0.15) is 11.5 Å². The predicted molar refractivity (Wildman–Crippen MR) is 72.2 cm³/mol. The summed E-state index contributed by atoms with van der Waals surface area (Å²) in [6, 6.07) is 3.71. The smallest absolute Gasteiger partial charge is 0.188 e. The summed E-state index contributed by atoms with van der Waals surface area (Å²) in [7, 11) is 0. The van der Waals surface area contributed by atoms with Gasteiger partial charge in [-0.05, 0) is 17.7 Å². The zero-order chi connectivity index (χ0) is 13.8. The molecule has 2 aromatic heterocycles. The summed E-state index contributed by atoms with van der Waals surface area (Å²) in [6.07, 6.45) is 5.38. The molecule has 0 aliphatic carbocycles. The van der Waals surface area contributed by atoms with E-state index in [1.165, 1.54) is 0 Å². The van der Waals surface area contributed by atoms with Crippen LogP contribution in [0.3, 0.4) is 0 Å². The molecule has 0 aromatic carbocycles. The van der Waals surface area contributed by atoms with Crippen molar-refractivity contribution in [3.8, 4) is 0 Å². The second-order valence-corrected chi connectivity index (χ2v) is 4.60. The molecule has 6 heteroatoms. The van der Waals surface area contributed by atoms with Crippen molar-refractivity contribution in [1.82, 2.24) is 14.5 Å². The third kappa shape index (κ3) is 2.90. The largest absolute Gasteiger partial charge is 0.409 e. The van der Waals surface area contributed by atoms with Crippen LogP contribution in [0.15, 0.2) is 35.9 Å². The summed E-state index contributed by atoms with van der Waals surface area (Å²) in [5.74, 6) is 1.40. The summed E-state index contributed by atoms with van der Waals surface area (Å²) < 4.78 is 2.08. The van der Waals surface area contributed by atoms with E-state index in [9.17, 15) is 0 Å². The number of rotatable bonds is 4. The molecule has 0 saturated heterocycles. The lowest BCUT2D eigenvalue weighted by Gasteiger charge is -2.10. The van der Waals surface area contributed by atoms with Crippen molar-refractivity contribution in [3.63, 3.8) is 0 Å². The Morgan fingerprint density at radius 3 is 2.89 bits per heavy atom. The van der Waals surface area contributed by atoms with E-state index in [-0.39, 0.29) is 5.84 Å². The van der Waals surface area contributed by atoms with Crippen LogP contribution in [0.1, 0.15) is 36.8 Å². The number of imidazole rings is 1. The van der Waals surface area contributed by atoms with E-state index in [4.69, 9.17) is 10.9 Å². The topological polar surface area (TPSA) is 89.3 Å². The van der Waals surface area contributed by atoms with E-state index >= 15 is 0 Å². The van der Waals surface area contributed by atoms with E-state index in [2.05, 4.69) is 33.5 Å². The monoisotopic (exact) mass is 259 g/mol. The Hall–Kier alpha value is -2.37. The van der Waals surface area contributed by atoms with Gasteiger partial charge >= 0.3 is 0 Å². The Morgan fingerprint density at radius 1 is 1.42 bits per heavy atom. The van der Waals surface area contributed by atoms with Gasteiger partial charge in [-0.1, -0.05) is 19.0 Å². The molecule has 100 valence electrons. The molecule has 0 aliphatic heterocycles. The van der Waals surface area contributed by atoms with E-state index < -0.39 is 0 Å². The number of amidine groups is 1. The average molecular weight is 259 g/mol. The molecule has 2 aromatic rings. The van der Waals surface area contributed by atoms with Crippen molar-refractivity contribution in [2.45, 2.75) is 26.3 Å². The molecular weight excluding hydrogens is 242 g/mol. The first kappa shape index (κ1) is 13.1. The van der Waals surface area contributed by atoms with Gasteiger partial charge in [0.25, 0.3) is 0 Å². The van der Waals surface area contributed by atoms with E-state index in [1.54, 1.807) is 18.5 Å². The minimum absolute atomic E-state index is 0.0107. The maximum absolute atomic E-state index is 8.66. The number of hydrogen-bond donors (Lipinski definition) is 2.